The number of nitrogens with zero attached hydrogens (tertiary/aromatic N) is 4. The summed E-state index contributed by atoms with van der Waals surface area (Å²) in [7, 11) is 0. The Bertz CT molecular complexity index is 662. The van der Waals surface area contributed by atoms with Crippen molar-refractivity contribution < 1.29 is 9.53 Å². The van der Waals surface area contributed by atoms with E-state index in [0.29, 0.717) is 44.2 Å². The Balaban J connectivity index is 1.84. The van der Waals surface area contributed by atoms with Crippen LogP contribution in [-0.4, -0.2) is 53.6 Å². The van der Waals surface area contributed by atoms with Crippen LogP contribution in [0.4, 0.5) is 4.79 Å². The number of carbonyl (C=O) groups excluding carboxylic acids is 1. The van der Waals surface area contributed by atoms with Gasteiger partial charge in [-0.2, -0.15) is 5.26 Å². The third-order valence-corrected chi connectivity index (χ3v) is 3.76. The molecule has 0 bridgehead atoms. The molecule has 1 saturated heterocycles. The molecule has 1 amide bonds. The molecular formula is C18H25N5O2. The molecular weight excluding hydrogens is 318 g/mol. The predicted molar refractivity (Wildman–Crippen MR) is 95.9 cm³/mol. The lowest BCUT2D eigenvalue weighted by atomic mass is 10.1. The van der Waals surface area contributed by atoms with Gasteiger partial charge in [0.2, 0.25) is 0 Å². The number of amides is 1. The number of guanidine groups is 1. The van der Waals surface area contributed by atoms with Gasteiger partial charge in [0, 0.05) is 26.2 Å². The smallest absolute Gasteiger partial charge is 0.410 e. The van der Waals surface area contributed by atoms with E-state index in [2.05, 4.69) is 11.1 Å². The van der Waals surface area contributed by atoms with Gasteiger partial charge < -0.3 is 20.3 Å². The Kier molecular flexibility index (Phi) is 5.86. The van der Waals surface area contributed by atoms with Gasteiger partial charge in [0.05, 0.1) is 18.2 Å². The van der Waals surface area contributed by atoms with Gasteiger partial charge in [-0.15, -0.1) is 0 Å². The summed E-state index contributed by atoms with van der Waals surface area (Å²) in [6, 6.07) is 9.36. The molecule has 0 aromatic heterocycles. The predicted octanol–water partition coefficient (Wildman–Crippen LogP) is 1.93. The summed E-state index contributed by atoms with van der Waals surface area (Å²) < 4.78 is 5.38. The van der Waals surface area contributed by atoms with E-state index in [4.69, 9.17) is 15.7 Å². The third kappa shape index (κ3) is 5.68. The van der Waals surface area contributed by atoms with Crippen LogP contribution in [0, 0.1) is 11.3 Å². The highest BCUT2D eigenvalue weighted by Gasteiger charge is 2.26. The number of carbonyl (C=O) groups is 1. The molecule has 7 nitrogen and oxygen atoms in total. The minimum Gasteiger partial charge on any atom is -0.444 e. The van der Waals surface area contributed by atoms with Crippen molar-refractivity contribution in [2.75, 3.05) is 26.2 Å². The second-order valence-electron chi connectivity index (χ2n) is 6.94. The zero-order chi connectivity index (χ0) is 18.4. The molecule has 0 atom stereocenters. The van der Waals surface area contributed by atoms with Gasteiger partial charge in [-0.1, -0.05) is 12.1 Å². The van der Waals surface area contributed by atoms with Crippen molar-refractivity contribution in [3.8, 4) is 6.07 Å². The van der Waals surface area contributed by atoms with Crippen LogP contribution < -0.4 is 5.73 Å². The van der Waals surface area contributed by atoms with E-state index in [1.807, 2.05) is 37.8 Å². The molecule has 1 aliphatic heterocycles. The molecule has 1 aromatic rings. The first kappa shape index (κ1) is 18.6. The first-order chi connectivity index (χ1) is 11.8. The molecule has 1 aliphatic rings. The second kappa shape index (κ2) is 7.88. The van der Waals surface area contributed by atoms with E-state index in [0.717, 1.165) is 5.56 Å². The van der Waals surface area contributed by atoms with Gasteiger partial charge in [0.1, 0.15) is 5.60 Å². The first-order valence-corrected chi connectivity index (χ1v) is 8.30. The molecule has 0 spiro atoms. The van der Waals surface area contributed by atoms with Crippen LogP contribution in [0.2, 0.25) is 0 Å². The zero-order valence-electron chi connectivity index (χ0n) is 15.0. The van der Waals surface area contributed by atoms with E-state index in [1.54, 1.807) is 17.0 Å². The fourth-order valence-electron chi connectivity index (χ4n) is 2.40. The first-order valence-electron chi connectivity index (χ1n) is 8.30. The number of nitrogens with two attached hydrogens (primary N) is 1. The molecule has 0 aliphatic carbocycles. The molecule has 2 rings (SSSR count). The number of aliphatic imine (C=N–C) groups is 1. The molecule has 1 fully saturated rings. The summed E-state index contributed by atoms with van der Waals surface area (Å²) in [5.41, 5.74) is 7.19. The van der Waals surface area contributed by atoms with Crippen molar-refractivity contribution in [2.45, 2.75) is 32.9 Å². The van der Waals surface area contributed by atoms with Crippen LogP contribution in [0.25, 0.3) is 0 Å². The van der Waals surface area contributed by atoms with Crippen LogP contribution >= 0.6 is 0 Å². The summed E-state index contributed by atoms with van der Waals surface area (Å²) in [5.74, 6) is 0.466. The number of hydrogen-bond acceptors (Lipinski definition) is 4. The fourth-order valence-corrected chi connectivity index (χ4v) is 2.40. The van der Waals surface area contributed by atoms with Gasteiger partial charge in [0.25, 0.3) is 0 Å². The van der Waals surface area contributed by atoms with E-state index < -0.39 is 5.60 Å². The monoisotopic (exact) mass is 343 g/mol. The number of hydrogen-bond donors (Lipinski definition) is 1. The highest BCUT2D eigenvalue weighted by atomic mass is 16.6. The molecule has 134 valence electrons. The fraction of sp³-hybridized carbons (Fsp3) is 0.500. The van der Waals surface area contributed by atoms with Crippen LogP contribution in [-0.2, 0) is 11.3 Å². The molecule has 0 radical (unpaired) electrons. The summed E-state index contributed by atoms with van der Waals surface area (Å²) in [5, 5.41) is 8.80. The Morgan fingerprint density at radius 3 is 2.28 bits per heavy atom. The molecule has 7 heteroatoms. The van der Waals surface area contributed by atoms with Crippen LogP contribution in [0.5, 0.6) is 0 Å². The minimum absolute atomic E-state index is 0.291. The van der Waals surface area contributed by atoms with E-state index in [9.17, 15) is 4.79 Å². The Labute approximate surface area is 148 Å². The number of nitriles is 1. The molecule has 0 unspecified atom stereocenters. The maximum absolute atomic E-state index is 12.1. The van der Waals surface area contributed by atoms with Crippen molar-refractivity contribution in [3.63, 3.8) is 0 Å². The highest BCUT2D eigenvalue weighted by Crippen LogP contribution is 2.12. The van der Waals surface area contributed by atoms with E-state index in [-0.39, 0.29) is 6.09 Å². The minimum atomic E-state index is -0.490. The quantitative estimate of drug-likeness (QED) is 0.654. The molecule has 1 heterocycles. The maximum atomic E-state index is 12.1. The van der Waals surface area contributed by atoms with Gasteiger partial charge in [-0.3, -0.25) is 0 Å². The van der Waals surface area contributed by atoms with Crippen molar-refractivity contribution in [1.29, 1.82) is 5.26 Å². The number of ether oxygens (including phenoxy) is 1. The third-order valence-electron chi connectivity index (χ3n) is 3.76. The van der Waals surface area contributed by atoms with Crippen molar-refractivity contribution in [3.05, 3.63) is 35.4 Å². The number of rotatable bonds is 2. The lowest BCUT2D eigenvalue weighted by molar-refractivity contribution is 0.0186. The normalized spacial score (nSPS) is 15.7. The van der Waals surface area contributed by atoms with Gasteiger partial charge in [-0.05, 0) is 38.5 Å². The number of benzene rings is 1. The highest BCUT2D eigenvalue weighted by molar-refractivity contribution is 5.78. The molecule has 1 aromatic carbocycles. The van der Waals surface area contributed by atoms with Gasteiger partial charge in [-0.25, -0.2) is 9.79 Å². The average Bonchev–Trinajstić information content (AvgIpc) is 2.58. The van der Waals surface area contributed by atoms with Crippen LogP contribution in [0.3, 0.4) is 0 Å². The largest absolute Gasteiger partial charge is 0.444 e. The average molecular weight is 343 g/mol. The zero-order valence-corrected chi connectivity index (χ0v) is 15.0. The number of piperazine rings is 1. The Morgan fingerprint density at radius 1 is 1.20 bits per heavy atom. The van der Waals surface area contributed by atoms with Gasteiger partial charge >= 0.3 is 6.09 Å². The summed E-state index contributed by atoms with van der Waals surface area (Å²) in [6.45, 7) is 8.40. The molecule has 0 saturated carbocycles. The second-order valence-corrected chi connectivity index (χ2v) is 6.94. The Hall–Kier alpha value is -2.75. The topological polar surface area (TPSA) is 94.9 Å². The summed E-state index contributed by atoms with van der Waals surface area (Å²) in [6.07, 6.45) is -0.291. The molecule has 25 heavy (non-hydrogen) atoms. The standard InChI is InChI=1S/C18H25N5O2/c1-18(2,3)25-17(24)23-10-8-22(9-11-23)16(20)21-13-15-6-4-14(12-19)5-7-15/h4-7H,8-11,13H2,1-3H3,(H2,20,21). The lowest BCUT2D eigenvalue weighted by Crippen LogP contribution is -2.53. The summed E-state index contributed by atoms with van der Waals surface area (Å²) >= 11 is 0. The van der Waals surface area contributed by atoms with E-state index in [1.165, 1.54) is 0 Å². The van der Waals surface area contributed by atoms with Crippen LogP contribution in [0.1, 0.15) is 31.9 Å². The summed E-state index contributed by atoms with van der Waals surface area (Å²) in [4.78, 5) is 20.1. The van der Waals surface area contributed by atoms with Crippen LogP contribution in [0.15, 0.2) is 29.3 Å². The van der Waals surface area contributed by atoms with Crippen molar-refractivity contribution >= 4 is 12.1 Å². The molecule has 2 N–H and O–H groups in total. The lowest BCUT2D eigenvalue weighted by Gasteiger charge is -2.36. The SMILES string of the molecule is CC(C)(C)OC(=O)N1CCN(C(N)=NCc2ccc(C#N)cc2)CC1. The van der Waals surface area contributed by atoms with E-state index >= 15 is 0 Å². The van der Waals surface area contributed by atoms with Crippen molar-refractivity contribution in [1.82, 2.24) is 9.80 Å². The van der Waals surface area contributed by atoms with Gasteiger partial charge in [0.15, 0.2) is 5.96 Å². The maximum Gasteiger partial charge on any atom is 0.410 e. The van der Waals surface area contributed by atoms with Crippen molar-refractivity contribution in [2.24, 2.45) is 10.7 Å². The Morgan fingerprint density at radius 2 is 1.76 bits per heavy atom.